The molecule has 1 aliphatic rings. The number of Topliss-reactive ketones (excluding diaryl/α,β-unsaturated/α-hetero) is 1. The van der Waals surface area contributed by atoms with Crippen LogP contribution < -0.4 is 0 Å². The first-order chi connectivity index (χ1) is 6.88. The van der Waals surface area contributed by atoms with E-state index in [4.69, 9.17) is 9.47 Å². The van der Waals surface area contributed by atoms with Crippen LogP contribution in [0.3, 0.4) is 0 Å². The SMILES string of the molecule is O=C(c1ccccc1)C1COCOC1. The van der Waals surface area contributed by atoms with Gasteiger partial charge in [0.05, 0.1) is 19.1 Å². The molecule has 3 nitrogen and oxygen atoms in total. The van der Waals surface area contributed by atoms with E-state index in [0.717, 1.165) is 5.56 Å². The second-order valence-corrected chi connectivity index (χ2v) is 3.29. The van der Waals surface area contributed by atoms with Crippen molar-refractivity contribution in [2.45, 2.75) is 0 Å². The Balaban J connectivity index is 2.07. The average molecular weight is 192 g/mol. The standard InChI is InChI=1S/C11H12O3/c12-11(9-4-2-1-3-5-9)10-6-13-8-14-7-10/h1-5,10H,6-8H2. The van der Waals surface area contributed by atoms with Gasteiger partial charge in [0.25, 0.3) is 0 Å². The fourth-order valence-corrected chi connectivity index (χ4v) is 1.48. The molecule has 1 aliphatic heterocycles. The first-order valence-electron chi connectivity index (χ1n) is 4.62. The summed E-state index contributed by atoms with van der Waals surface area (Å²) in [6.07, 6.45) is 0. The minimum absolute atomic E-state index is 0.102. The summed E-state index contributed by atoms with van der Waals surface area (Å²) >= 11 is 0. The summed E-state index contributed by atoms with van der Waals surface area (Å²) in [6, 6.07) is 9.24. The summed E-state index contributed by atoms with van der Waals surface area (Å²) in [4.78, 5) is 11.8. The lowest BCUT2D eigenvalue weighted by atomic mass is 9.99. The van der Waals surface area contributed by atoms with Gasteiger partial charge in [-0.25, -0.2) is 0 Å². The van der Waals surface area contributed by atoms with Gasteiger partial charge in [0.15, 0.2) is 5.78 Å². The summed E-state index contributed by atoms with van der Waals surface area (Å²) in [5.41, 5.74) is 0.728. The van der Waals surface area contributed by atoms with Crippen LogP contribution >= 0.6 is 0 Å². The maximum absolute atomic E-state index is 11.8. The van der Waals surface area contributed by atoms with Crippen molar-refractivity contribution < 1.29 is 14.3 Å². The van der Waals surface area contributed by atoms with Gasteiger partial charge < -0.3 is 9.47 Å². The summed E-state index contributed by atoms with van der Waals surface area (Å²) in [7, 11) is 0. The first kappa shape index (κ1) is 9.37. The molecule has 2 rings (SSSR count). The molecule has 14 heavy (non-hydrogen) atoms. The monoisotopic (exact) mass is 192 g/mol. The fraction of sp³-hybridized carbons (Fsp3) is 0.364. The van der Waals surface area contributed by atoms with Crippen LogP contribution in [0.25, 0.3) is 0 Å². The van der Waals surface area contributed by atoms with Gasteiger partial charge in [0, 0.05) is 5.56 Å². The van der Waals surface area contributed by atoms with Crippen molar-refractivity contribution in [1.29, 1.82) is 0 Å². The van der Waals surface area contributed by atoms with Crippen LogP contribution in [0.4, 0.5) is 0 Å². The average Bonchev–Trinajstić information content (AvgIpc) is 2.30. The minimum Gasteiger partial charge on any atom is -0.355 e. The zero-order chi connectivity index (χ0) is 9.80. The number of benzene rings is 1. The van der Waals surface area contributed by atoms with Crippen LogP contribution in [-0.4, -0.2) is 25.8 Å². The number of ether oxygens (including phenoxy) is 2. The van der Waals surface area contributed by atoms with Crippen LogP contribution in [0.2, 0.25) is 0 Å². The number of carbonyl (C=O) groups is 1. The molecule has 0 aliphatic carbocycles. The lowest BCUT2D eigenvalue weighted by molar-refractivity contribution is -0.116. The molecule has 0 saturated carbocycles. The third-order valence-corrected chi connectivity index (χ3v) is 2.23. The highest BCUT2D eigenvalue weighted by atomic mass is 16.7. The van der Waals surface area contributed by atoms with Crippen LogP contribution in [0, 0.1) is 5.92 Å². The molecule has 0 radical (unpaired) electrons. The molecule has 1 saturated heterocycles. The molecule has 1 heterocycles. The molecule has 0 unspecified atom stereocenters. The number of hydrogen-bond acceptors (Lipinski definition) is 3. The van der Waals surface area contributed by atoms with Gasteiger partial charge in [0.1, 0.15) is 6.79 Å². The van der Waals surface area contributed by atoms with Gasteiger partial charge in [-0.2, -0.15) is 0 Å². The highest BCUT2D eigenvalue weighted by Gasteiger charge is 2.23. The second-order valence-electron chi connectivity index (χ2n) is 3.29. The van der Waals surface area contributed by atoms with Gasteiger partial charge in [-0.05, 0) is 0 Å². The van der Waals surface area contributed by atoms with Gasteiger partial charge in [-0.15, -0.1) is 0 Å². The van der Waals surface area contributed by atoms with Crippen LogP contribution in [0.1, 0.15) is 10.4 Å². The van der Waals surface area contributed by atoms with Gasteiger partial charge in [-0.3, -0.25) is 4.79 Å². The molecule has 1 fully saturated rings. The Kier molecular flexibility index (Phi) is 2.91. The molecule has 0 atom stereocenters. The number of hydrogen-bond donors (Lipinski definition) is 0. The predicted octanol–water partition coefficient (Wildman–Crippen LogP) is 1.49. The van der Waals surface area contributed by atoms with E-state index in [1.165, 1.54) is 0 Å². The van der Waals surface area contributed by atoms with E-state index in [2.05, 4.69) is 0 Å². The topological polar surface area (TPSA) is 35.5 Å². The Labute approximate surface area is 82.6 Å². The Hall–Kier alpha value is -1.19. The van der Waals surface area contributed by atoms with Crippen LogP contribution in [0.5, 0.6) is 0 Å². The maximum atomic E-state index is 11.8. The summed E-state index contributed by atoms with van der Waals surface area (Å²) in [5, 5.41) is 0. The molecule has 0 bridgehead atoms. The fourth-order valence-electron chi connectivity index (χ4n) is 1.48. The molecule has 0 amide bonds. The molecule has 74 valence electrons. The van der Waals surface area contributed by atoms with E-state index in [1.54, 1.807) is 0 Å². The van der Waals surface area contributed by atoms with Gasteiger partial charge in [0.2, 0.25) is 0 Å². The Morgan fingerprint density at radius 2 is 1.79 bits per heavy atom. The summed E-state index contributed by atoms with van der Waals surface area (Å²) in [6.45, 7) is 1.24. The Bertz CT molecular complexity index is 302. The molecule has 1 aromatic rings. The van der Waals surface area contributed by atoms with E-state index in [0.29, 0.717) is 20.0 Å². The normalized spacial score (nSPS) is 18.0. The molecule has 3 heteroatoms. The summed E-state index contributed by atoms with van der Waals surface area (Å²) < 4.78 is 10.2. The predicted molar refractivity (Wildman–Crippen MR) is 51.0 cm³/mol. The highest BCUT2D eigenvalue weighted by Crippen LogP contribution is 2.12. The molecular formula is C11H12O3. The molecular weight excluding hydrogens is 180 g/mol. The lowest BCUT2D eigenvalue weighted by Gasteiger charge is -2.21. The van der Waals surface area contributed by atoms with Crippen molar-refractivity contribution in [1.82, 2.24) is 0 Å². The second kappa shape index (κ2) is 4.35. The van der Waals surface area contributed by atoms with Crippen molar-refractivity contribution in [2.24, 2.45) is 5.92 Å². The molecule has 0 spiro atoms. The summed E-state index contributed by atoms with van der Waals surface area (Å²) in [5.74, 6) is -0.0450. The van der Waals surface area contributed by atoms with Gasteiger partial charge in [-0.1, -0.05) is 30.3 Å². The first-order valence-corrected chi connectivity index (χ1v) is 4.62. The smallest absolute Gasteiger partial charge is 0.170 e. The third-order valence-electron chi connectivity index (χ3n) is 2.23. The molecule has 1 aromatic carbocycles. The van der Waals surface area contributed by atoms with E-state index in [1.807, 2.05) is 30.3 Å². The molecule has 0 N–H and O–H groups in total. The quantitative estimate of drug-likeness (QED) is 0.666. The Morgan fingerprint density at radius 1 is 1.14 bits per heavy atom. The largest absolute Gasteiger partial charge is 0.355 e. The van der Waals surface area contributed by atoms with Crippen molar-refractivity contribution >= 4 is 5.78 Å². The zero-order valence-corrected chi connectivity index (χ0v) is 7.81. The van der Waals surface area contributed by atoms with E-state index < -0.39 is 0 Å². The Morgan fingerprint density at radius 3 is 2.43 bits per heavy atom. The number of ketones is 1. The van der Waals surface area contributed by atoms with Gasteiger partial charge >= 0.3 is 0 Å². The zero-order valence-electron chi connectivity index (χ0n) is 7.81. The lowest BCUT2D eigenvalue weighted by Crippen LogP contribution is -2.30. The maximum Gasteiger partial charge on any atom is 0.170 e. The van der Waals surface area contributed by atoms with Crippen molar-refractivity contribution in [2.75, 3.05) is 20.0 Å². The van der Waals surface area contributed by atoms with E-state index in [-0.39, 0.29) is 11.7 Å². The van der Waals surface area contributed by atoms with Crippen molar-refractivity contribution in [3.63, 3.8) is 0 Å². The van der Waals surface area contributed by atoms with Crippen LogP contribution in [-0.2, 0) is 9.47 Å². The van der Waals surface area contributed by atoms with Crippen molar-refractivity contribution in [3.8, 4) is 0 Å². The third kappa shape index (κ3) is 2.00. The number of rotatable bonds is 2. The van der Waals surface area contributed by atoms with E-state index in [9.17, 15) is 4.79 Å². The highest BCUT2D eigenvalue weighted by molar-refractivity contribution is 5.98. The van der Waals surface area contributed by atoms with Crippen LogP contribution in [0.15, 0.2) is 30.3 Å². The molecule has 0 aromatic heterocycles. The van der Waals surface area contributed by atoms with E-state index >= 15 is 0 Å². The minimum atomic E-state index is -0.147. The van der Waals surface area contributed by atoms with Crippen molar-refractivity contribution in [3.05, 3.63) is 35.9 Å². The number of carbonyl (C=O) groups excluding carboxylic acids is 1.